The monoisotopic (exact) mass is 289 g/mol. The lowest BCUT2D eigenvalue weighted by Gasteiger charge is -2.37. The van der Waals surface area contributed by atoms with E-state index >= 15 is 0 Å². The topological polar surface area (TPSA) is 18.5 Å². The third kappa shape index (κ3) is 4.72. The van der Waals surface area contributed by atoms with Gasteiger partial charge in [-0.05, 0) is 64.0 Å². The van der Waals surface area contributed by atoms with Crippen LogP contribution in [0, 0.1) is 13.8 Å². The molecule has 0 saturated carbocycles. The molecule has 1 fully saturated rings. The Hall–Kier alpha value is -1.06. The average molecular weight is 289 g/mol. The van der Waals surface area contributed by atoms with Gasteiger partial charge in [0.15, 0.2) is 0 Å². The molecule has 0 radical (unpaired) electrons. The standard InChI is InChI=1S/C18H31N3/c1-16-8-7-9-18(17(16)2)21-14-12-20(13-15-21)11-6-4-5-10-19-3/h7-9,19H,4-6,10-15H2,1-3H3. The number of rotatable bonds is 7. The minimum atomic E-state index is 1.15. The summed E-state index contributed by atoms with van der Waals surface area (Å²) in [6.07, 6.45) is 3.99. The Morgan fingerprint density at radius 2 is 1.76 bits per heavy atom. The van der Waals surface area contributed by atoms with E-state index in [-0.39, 0.29) is 0 Å². The van der Waals surface area contributed by atoms with Crippen molar-refractivity contribution in [1.29, 1.82) is 0 Å². The second-order valence-corrected chi connectivity index (χ2v) is 6.21. The van der Waals surface area contributed by atoms with Gasteiger partial charge in [-0.2, -0.15) is 0 Å². The highest BCUT2D eigenvalue weighted by molar-refractivity contribution is 5.56. The molecule has 0 aliphatic carbocycles. The normalized spacial score (nSPS) is 16.4. The van der Waals surface area contributed by atoms with E-state index in [0.717, 1.165) is 6.54 Å². The smallest absolute Gasteiger partial charge is 0.0399 e. The fraction of sp³-hybridized carbons (Fsp3) is 0.667. The number of benzene rings is 1. The van der Waals surface area contributed by atoms with Crippen molar-refractivity contribution in [2.75, 3.05) is 51.2 Å². The summed E-state index contributed by atoms with van der Waals surface area (Å²) in [5.74, 6) is 0. The first-order valence-corrected chi connectivity index (χ1v) is 8.40. The lowest BCUT2D eigenvalue weighted by molar-refractivity contribution is 0.252. The van der Waals surface area contributed by atoms with Gasteiger partial charge in [0.05, 0.1) is 0 Å². The van der Waals surface area contributed by atoms with Crippen molar-refractivity contribution in [2.45, 2.75) is 33.1 Å². The number of unbranched alkanes of at least 4 members (excludes halogenated alkanes) is 2. The Kier molecular flexibility index (Phi) is 6.52. The van der Waals surface area contributed by atoms with E-state index in [1.54, 1.807) is 0 Å². The van der Waals surface area contributed by atoms with Crippen molar-refractivity contribution < 1.29 is 0 Å². The fourth-order valence-corrected chi connectivity index (χ4v) is 3.10. The molecule has 0 spiro atoms. The molecule has 3 heteroatoms. The maximum Gasteiger partial charge on any atom is 0.0399 e. The molecule has 0 aromatic heterocycles. The molecule has 1 aromatic carbocycles. The number of nitrogens with one attached hydrogen (secondary N) is 1. The molecule has 0 atom stereocenters. The summed E-state index contributed by atoms with van der Waals surface area (Å²) in [5.41, 5.74) is 4.28. The van der Waals surface area contributed by atoms with Crippen LogP contribution >= 0.6 is 0 Å². The molecule has 0 amide bonds. The number of piperazine rings is 1. The molecule has 118 valence electrons. The van der Waals surface area contributed by atoms with E-state index in [1.807, 2.05) is 7.05 Å². The number of hydrogen-bond acceptors (Lipinski definition) is 3. The highest BCUT2D eigenvalue weighted by Gasteiger charge is 2.18. The zero-order valence-electron chi connectivity index (χ0n) is 14.0. The maximum atomic E-state index is 3.22. The zero-order chi connectivity index (χ0) is 15.1. The van der Waals surface area contributed by atoms with Gasteiger partial charge in [0, 0.05) is 31.9 Å². The fourth-order valence-electron chi connectivity index (χ4n) is 3.10. The van der Waals surface area contributed by atoms with Gasteiger partial charge in [0.25, 0.3) is 0 Å². The van der Waals surface area contributed by atoms with Gasteiger partial charge in [-0.3, -0.25) is 4.90 Å². The Labute approximate surface area is 130 Å². The van der Waals surface area contributed by atoms with Crippen LogP contribution in [-0.2, 0) is 0 Å². The number of nitrogens with zero attached hydrogens (tertiary/aromatic N) is 2. The first kappa shape index (κ1) is 16.3. The van der Waals surface area contributed by atoms with Crippen LogP contribution in [0.3, 0.4) is 0 Å². The van der Waals surface area contributed by atoms with Crippen molar-refractivity contribution >= 4 is 5.69 Å². The quantitative estimate of drug-likeness (QED) is 0.779. The summed E-state index contributed by atoms with van der Waals surface area (Å²) in [6, 6.07) is 6.67. The Morgan fingerprint density at radius 3 is 2.48 bits per heavy atom. The van der Waals surface area contributed by atoms with Crippen molar-refractivity contribution in [2.24, 2.45) is 0 Å². The summed E-state index contributed by atoms with van der Waals surface area (Å²) in [7, 11) is 2.03. The van der Waals surface area contributed by atoms with Crippen LogP contribution in [0.2, 0.25) is 0 Å². The molecule has 1 saturated heterocycles. The molecular weight excluding hydrogens is 258 g/mol. The summed E-state index contributed by atoms with van der Waals surface area (Å²) in [6.45, 7) is 11.6. The summed E-state index contributed by atoms with van der Waals surface area (Å²) in [5, 5.41) is 3.22. The number of anilines is 1. The lowest BCUT2D eigenvalue weighted by atomic mass is 10.1. The molecule has 3 nitrogen and oxygen atoms in total. The van der Waals surface area contributed by atoms with Crippen LogP contribution in [0.25, 0.3) is 0 Å². The van der Waals surface area contributed by atoms with Gasteiger partial charge < -0.3 is 10.2 Å². The van der Waals surface area contributed by atoms with Gasteiger partial charge in [-0.25, -0.2) is 0 Å². The molecule has 1 aliphatic rings. The molecule has 1 aromatic rings. The van der Waals surface area contributed by atoms with Crippen LogP contribution in [-0.4, -0.2) is 51.2 Å². The van der Waals surface area contributed by atoms with Crippen LogP contribution < -0.4 is 10.2 Å². The van der Waals surface area contributed by atoms with Crippen LogP contribution in [0.1, 0.15) is 30.4 Å². The first-order valence-electron chi connectivity index (χ1n) is 8.40. The van der Waals surface area contributed by atoms with Crippen LogP contribution in [0.4, 0.5) is 5.69 Å². The van der Waals surface area contributed by atoms with Crippen molar-refractivity contribution in [3.8, 4) is 0 Å². The van der Waals surface area contributed by atoms with Crippen molar-refractivity contribution in [1.82, 2.24) is 10.2 Å². The van der Waals surface area contributed by atoms with E-state index in [9.17, 15) is 0 Å². The minimum Gasteiger partial charge on any atom is -0.369 e. The van der Waals surface area contributed by atoms with Gasteiger partial charge in [0.1, 0.15) is 0 Å². The third-order valence-electron chi connectivity index (χ3n) is 4.69. The highest BCUT2D eigenvalue weighted by atomic mass is 15.3. The molecule has 0 bridgehead atoms. The number of aryl methyl sites for hydroxylation is 1. The molecule has 1 aliphatic heterocycles. The summed E-state index contributed by atoms with van der Waals surface area (Å²) >= 11 is 0. The summed E-state index contributed by atoms with van der Waals surface area (Å²) in [4.78, 5) is 5.18. The van der Waals surface area contributed by atoms with Crippen LogP contribution in [0.15, 0.2) is 18.2 Å². The Morgan fingerprint density at radius 1 is 1.00 bits per heavy atom. The molecule has 21 heavy (non-hydrogen) atoms. The van der Waals surface area contributed by atoms with Crippen LogP contribution in [0.5, 0.6) is 0 Å². The zero-order valence-corrected chi connectivity index (χ0v) is 14.0. The van der Waals surface area contributed by atoms with Gasteiger partial charge in [0.2, 0.25) is 0 Å². The predicted octanol–water partition coefficient (Wildman–Crippen LogP) is 2.82. The van der Waals surface area contributed by atoms with E-state index in [0.29, 0.717) is 0 Å². The second kappa shape index (κ2) is 8.40. The molecule has 0 unspecified atom stereocenters. The number of hydrogen-bond donors (Lipinski definition) is 1. The average Bonchev–Trinajstić information content (AvgIpc) is 2.51. The minimum absolute atomic E-state index is 1.15. The predicted molar refractivity (Wildman–Crippen MR) is 92.3 cm³/mol. The maximum absolute atomic E-state index is 3.22. The van der Waals surface area contributed by atoms with E-state index in [1.165, 1.54) is 68.8 Å². The van der Waals surface area contributed by atoms with E-state index in [4.69, 9.17) is 0 Å². The SMILES string of the molecule is CNCCCCCN1CCN(c2cccc(C)c2C)CC1. The first-order chi connectivity index (χ1) is 10.2. The molecule has 1 N–H and O–H groups in total. The lowest BCUT2D eigenvalue weighted by Crippen LogP contribution is -2.46. The van der Waals surface area contributed by atoms with Gasteiger partial charge in [-0.1, -0.05) is 18.6 Å². The van der Waals surface area contributed by atoms with E-state index < -0.39 is 0 Å². The van der Waals surface area contributed by atoms with E-state index in [2.05, 4.69) is 47.2 Å². The molecule has 1 heterocycles. The highest BCUT2D eigenvalue weighted by Crippen LogP contribution is 2.23. The largest absolute Gasteiger partial charge is 0.369 e. The Bertz CT molecular complexity index is 422. The van der Waals surface area contributed by atoms with Gasteiger partial charge in [-0.15, -0.1) is 0 Å². The van der Waals surface area contributed by atoms with Gasteiger partial charge >= 0.3 is 0 Å². The van der Waals surface area contributed by atoms with Crippen molar-refractivity contribution in [3.63, 3.8) is 0 Å². The molecule has 2 rings (SSSR count). The third-order valence-corrected chi connectivity index (χ3v) is 4.69. The van der Waals surface area contributed by atoms with Crippen molar-refractivity contribution in [3.05, 3.63) is 29.3 Å². The molecular formula is C18H31N3. The second-order valence-electron chi connectivity index (χ2n) is 6.21. The Balaban J connectivity index is 1.74. The summed E-state index contributed by atoms with van der Waals surface area (Å²) < 4.78 is 0.